The number of aliphatic imine (C=N–C) groups is 1. The molecule has 2 amide bonds. The maximum atomic E-state index is 12.6. The Morgan fingerprint density at radius 2 is 1.88 bits per heavy atom. The van der Waals surface area contributed by atoms with Gasteiger partial charge in [0.1, 0.15) is 6.04 Å². The predicted octanol–water partition coefficient (Wildman–Crippen LogP) is -0.725. The number of likely N-dealkylation sites (tertiary alicyclic amines) is 1. The van der Waals surface area contributed by atoms with Crippen molar-refractivity contribution in [2.24, 2.45) is 28.1 Å². The number of guanidine groups is 1. The van der Waals surface area contributed by atoms with Gasteiger partial charge in [-0.3, -0.25) is 14.6 Å². The Balaban J connectivity index is 1.74. The van der Waals surface area contributed by atoms with Crippen LogP contribution in [0.5, 0.6) is 0 Å². The summed E-state index contributed by atoms with van der Waals surface area (Å²) in [5.41, 5.74) is 16.6. The van der Waals surface area contributed by atoms with E-state index in [4.69, 9.17) is 17.2 Å². The van der Waals surface area contributed by atoms with Gasteiger partial charge in [-0.1, -0.05) is 19.3 Å². The van der Waals surface area contributed by atoms with Gasteiger partial charge >= 0.3 is 0 Å². The molecular formula is C16H30N6O2. The third-order valence-electron chi connectivity index (χ3n) is 4.98. The van der Waals surface area contributed by atoms with Crippen LogP contribution in [0.2, 0.25) is 0 Å². The zero-order chi connectivity index (χ0) is 17.5. The van der Waals surface area contributed by atoms with Gasteiger partial charge in [0.15, 0.2) is 5.96 Å². The average Bonchev–Trinajstić information content (AvgIpc) is 2.53. The highest BCUT2D eigenvalue weighted by molar-refractivity contribution is 5.91. The van der Waals surface area contributed by atoms with Crippen LogP contribution >= 0.6 is 0 Å². The van der Waals surface area contributed by atoms with E-state index >= 15 is 0 Å². The Bertz CT molecular complexity index is 471. The summed E-state index contributed by atoms with van der Waals surface area (Å²) in [5, 5.41) is 2.84. The van der Waals surface area contributed by atoms with Crippen LogP contribution in [0.3, 0.4) is 0 Å². The predicted molar refractivity (Wildman–Crippen MR) is 93.0 cm³/mol. The topological polar surface area (TPSA) is 140 Å². The highest BCUT2D eigenvalue weighted by Crippen LogP contribution is 2.28. The van der Waals surface area contributed by atoms with Gasteiger partial charge in [-0.15, -0.1) is 0 Å². The first kappa shape index (κ1) is 18.5. The first-order valence-electron chi connectivity index (χ1n) is 8.90. The highest BCUT2D eigenvalue weighted by atomic mass is 16.2. The molecule has 8 nitrogen and oxygen atoms in total. The monoisotopic (exact) mass is 338 g/mol. The lowest BCUT2D eigenvalue weighted by Gasteiger charge is -2.42. The van der Waals surface area contributed by atoms with Crippen LogP contribution in [0.4, 0.5) is 0 Å². The first-order valence-corrected chi connectivity index (χ1v) is 8.90. The van der Waals surface area contributed by atoms with Crippen LogP contribution in [0.15, 0.2) is 4.99 Å². The largest absolute Gasteiger partial charge is 0.370 e. The van der Waals surface area contributed by atoms with Gasteiger partial charge in [0.2, 0.25) is 11.8 Å². The highest BCUT2D eigenvalue weighted by Gasteiger charge is 2.40. The molecule has 0 aromatic heterocycles. The van der Waals surface area contributed by atoms with Crippen LogP contribution in [-0.4, -0.2) is 54.4 Å². The van der Waals surface area contributed by atoms with Crippen molar-refractivity contribution in [1.29, 1.82) is 0 Å². The Hall–Kier alpha value is -1.83. The van der Waals surface area contributed by atoms with Gasteiger partial charge in [-0.05, 0) is 31.6 Å². The molecule has 1 saturated heterocycles. The number of nitrogens with one attached hydrogen (secondary N) is 1. The third-order valence-corrected chi connectivity index (χ3v) is 4.98. The smallest absolute Gasteiger partial charge is 0.242 e. The second-order valence-electron chi connectivity index (χ2n) is 6.71. The Morgan fingerprint density at radius 3 is 2.46 bits per heavy atom. The molecular weight excluding hydrogens is 308 g/mol. The van der Waals surface area contributed by atoms with E-state index in [0.29, 0.717) is 32.5 Å². The number of nitrogens with zero attached hydrogens (tertiary/aromatic N) is 2. The lowest BCUT2D eigenvalue weighted by Crippen LogP contribution is -2.62. The van der Waals surface area contributed by atoms with Crippen LogP contribution < -0.4 is 22.5 Å². The summed E-state index contributed by atoms with van der Waals surface area (Å²) in [6, 6.07) is -0.849. The lowest BCUT2D eigenvalue weighted by molar-refractivity contribution is -0.149. The summed E-state index contributed by atoms with van der Waals surface area (Å²) >= 11 is 0. The zero-order valence-electron chi connectivity index (χ0n) is 14.2. The molecule has 1 saturated carbocycles. The van der Waals surface area contributed by atoms with E-state index < -0.39 is 6.04 Å². The number of hydrogen-bond acceptors (Lipinski definition) is 4. The minimum Gasteiger partial charge on any atom is -0.370 e. The second kappa shape index (κ2) is 8.86. The van der Waals surface area contributed by atoms with E-state index in [1.165, 1.54) is 6.42 Å². The van der Waals surface area contributed by atoms with Gasteiger partial charge in [0.25, 0.3) is 0 Å². The van der Waals surface area contributed by atoms with Crippen molar-refractivity contribution in [1.82, 2.24) is 10.2 Å². The molecule has 2 atom stereocenters. The maximum Gasteiger partial charge on any atom is 0.242 e. The van der Waals surface area contributed by atoms with Gasteiger partial charge < -0.3 is 27.4 Å². The molecule has 2 unspecified atom stereocenters. The number of carbonyl (C=O) groups is 2. The van der Waals surface area contributed by atoms with E-state index in [0.717, 1.165) is 25.7 Å². The molecule has 0 aromatic rings. The van der Waals surface area contributed by atoms with Crippen LogP contribution in [-0.2, 0) is 9.59 Å². The average molecular weight is 338 g/mol. The molecule has 24 heavy (non-hydrogen) atoms. The summed E-state index contributed by atoms with van der Waals surface area (Å²) in [4.78, 5) is 30.3. The molecule has 8 heteroatoms. The SMILES string of the molecule is NC(N)=NCCCNC(=O)C1CCN1C(=O)C(N)C1CCCCC1. The number of amides is 2. The molecule has 0 bridgehead atoms. The third kappa shape index (κ3) is 4.83. The van der Waals surface area contributed by atoms with E-state index in [9.17, 15) is 9.59 Å². The van der Waals surface area contributed by atoms with E-state index in [1.54, 1.807) is 4.90 Å². The standard InChI is InChI=1S/C16H30N6O2/c17-13(11-5-2-1-3-6-11)15(24)22-10-7-12(22)14(23)20-8-4-9-21-16(18)19/h11-13H,1-10,17H2,(H,20,23)(H4,18,19,21). The summed E-state index contributed by atoms with van der Waals surface area (Å²) in [5.74, 6) is 0.118. The van der Waals surface area contributed by atoms with E-state index in [1.807, 2.05) is 0 Å². The molecule has 0 aromatic carbocycles. The summed E-state index contributed by atoms with van der Waals surface area (Å²) in [7, 11) is 0. The fourth-order valence-corrected chi connectivity index (χ4v) is 3.43. The normalized spacial score (nSPS) is 22.4. The minimum absolute atomic E-state index is 0.0498. The minimum atomic E-state index is -0.470. The Morgan fingerprint density at radius 1 is 1.17 bits per heavy atom. The van der Waals surface area contributed by atoms with Crippen molar-refractivity contribution in [2.45, 2.75) is 57.0 Å². The van der Waals surface area contributed by atoms with Crippen LogP contribution in [0.25, 0.3) is 0 Å². The van der Waals surface area contributed by atoms with Crippen molar-refractivity contribution in [3.05, 3.63) is 0 Å². The van der Waals surface area contributed by atoms with Crippen molar-refractivity contribution < 1.29 is 9.59 Å². The van der Waals surface area contributed by atoms with Crippen molar-refractivity contribution >= 4 is 17.8 Å². The van der Waals surface area contributed by atoms with Gasteiger partial charge in [-0.25, -0.2) is 0 Å². The summed E-state index contributed by atoms with van der Waals surface area (Å²) in [6.45, 7) is 1.58. The lowest BCUT2D eigenvalue weighted by atomic mass is 9.83. The van der Waals surface area contributed by atoms with E-state index in [2.05, 4.69) is 10.3 Å². The van der Waals surface area contributed by atoms with Crippen molar-refractivity contribution in [3.63, 3.8) is 0 Å². The molecule has 1 heterocycles. The summed E-state index contributed by atoms with van der Waals surface area (Å²) < 4.78 is 0. The Labute approximate surface area is 143 Å². The van der Waals surface area contributed by atoms with Gasteiger partial charge in [0, 0.05) is 19.6 Å². The molecule has 2 fully saturated rings. The molecule has 136 valence electrons. The van der Waals surface area contributed by atoms with Gasteiger partial charge in [0.05, 0.1) is 6.04 Å². The summed E-state index contributed by atoms with van der Waals surface area (Å²) in [6.07, 6.45) is 6.91. The molecule has 1 aliphatic heterocycles. The maximum absolute atomic E-state index is 12.6. The Kier molecular flexibility index (Phi) is 6.84. The van der Waals surface area contributed by atoms with Crippen LogP contribution in [0, 0.1) is 5.92 Å². The second-order valence-corrected chi connectivity index (χ2v) is 6.71. The number of hydrogen-bond donors (Lipinski definition) is 4. The first-order chi connectivity index (χ1) is 11.5. The number of carbonyl (C=O) groups excluding carboxylic acids is 2. The fraction of sp³-hybridized carbons (Fsp3) is 0.812. The number of rotatable bonds is 7. The van der Waals surface area contributed by atoms with E-state index in [-0.39, 0.29) is 29.7 Å². The number of nitrogens with two attached hydrogens (primary N) is 3. The molecule has 0 radical (unpaired) electrons. The van der Waals surface area contributed by atoms with Gasteiger partial charge in [-0.2, -0.15) is 0 Å². The van der Waals surface area contributed by atoms with Crippen LogP contribution in [0.1, 0.15) is 44.9 Å². The molecule has 2 aliphatic rings. The van der Waals surface area contributed by atoms with Crippen molar-refractivity contribution in [2.75, 3.05) is 19.6 Å². The molecule has 2 rings (SSSR count). The fourth-order valence-electron chi connectivity index (χ4n) is 3.43. The zero-order valence-corrected chi connectivity index (χ0v) is 14.2. The molecule has 7 N–H and O–H groups in total. The van der Waals surface area contributed by atoms with Crippen molar-refractivity contribution in [3.8, 4) is 0 Å². The quantitative estimate of drug-likeness (QED) is 0.275. The molecule has 0 spiro atoms. The molecule has 1 aliphatic carbocycles.